The van der Waals surface area contributed by atoms with Gasteiger partial charge in [-0.05, 0) is 33.4 Å². The molecule has 0 radical (unpaired) electrons. The van der Waals surface area contributed by atoms with E-state index in [-0.39, 0.29) is 17.8 Å². The number of carboxylic acids is 1. The topological polar surface area (TPSA) is 57.5 Å². The zero-order valence-corrected chi connectivity index (χ0v) is 14.9. The molecule has 1 aliphatic rings. The largest absolute Gasteiger partial charge is 0.507 e. The van der Waals surface area contributed by atoms with Crippen LogP contribution in [0.3, 0.4) is 0 Å². The van der Waals surface area contributed by atoms with Gasteiger partial charge in [0.15, 0.2) is 0 Å². The predicted octanol–water partition coefficient (Wildman–Crippen LogP) is 3.07. The van der Waals surface area contributed by atoms with Crippen molar-refractivity contribution >= 4 is 18.1 Å². The van der Waals surface area contributed by atoms with Gasteiger partial charge in [0.05, 0.1) is 0 Å². The highest BCUT2D eigenvalue weighted by Crippen LogP contribution is 2.39. The first-order valence-corrected chi connectivity index (χ1v) is 8.62. The fourth-order valence-corrected chi connectivity index (χ4v) is 3.37. The van der Waals surface area contributed by atoms with Crippen LogP contribution in [0.2, 0.25) is 0 Å². The highest BCUT2D eigenvalue weighted by atomic mass is 16.4. The van der Waals surface area contributed by atoms with Gasteiger partial charge < -0.3 is 10.2 Å². The number of carboxylic acid groups (broad SMARTS) is 1. The van der Waals surface area contributed by atoms with Crippen LogP contribution < -0.4 is 10.4 Å². The Hall–Kier alpha value is -2.55. The summed E-state index contributed by atoms with van der Waals surface area (Å²) in [7, 11) is 0. The Balaban J connectivity index is 2.10. The van der Waals surface area contributed by atoms with E-state index in [1.54, 1.807) is 0 Å². The molecule has 130 valence electrons. The number of fused-ring (bicyclic) bond motifs is 1. The average Bonchev–Trinajstić information content (AvgIpc) is 2.96. The van der Waals surface area contributed by atoms with Gasteiger partial charge in [0.1, 0.15) is 5.75 Å². The van der Waals surface area contributed by atoms with E-state index in [1.807, 2.05) is 24.3 Å². The summed E-state index contributed by atoms with van der Waals surface area (Å²) in [6.07, 6.45) is 4.85. The van der Waals surface area contributed by atoms with Crippen LogP contribution in [-0.2, 0) is 16.6 Å². The highest BCUT2D eigenvalue weighted by Gasteiger charge is 2.24. The second-order valence-corrected chi connectivity index (χ2v) is 7.71. The summed E-state index contributed by atoms with van der Waals surface area (Å²) in [6.45, 7) is 6.18. The van der Waals surface area contributed by atoms with Gasteiger partial charge in [-0.15, -0.1) is 0 Å². The normalized spacial score (nSPS) is 13.9. The minimum atomic E-state index is -0.807. The van der Waals surface area contributed by atoms with Crippen LogP contribution in [0.25, 0.3) is 12.2 Å². The summed E-state index contributed by atoms with van der Waals surface area (Å²) in [4.78, 5) is 10.9. The molecule has 0 fully saturated rings. The maximum absolute atomic E-state index is 10.9. The van der Waals surface area contributed by atoms with Crippen molar-refractivity contribution in [2.45, 2.75) is 44.9 Å². The summed E-state index contributed by atoms with van der Waals surface area (Å²) in [5, 5.41) is 22.2. The third-order valence-electron chi connectivity index (χ3n) is 4.71. The summed E-state index contributed by atoms with van der Waals surface area (Å²) in [5.74, 6) is -0.488. The van der Waals surface area contributed by atoms with Crippen LogP contribution in [-0.4, -0.2) is 16.2 Å². The Morgan fingerprint density at radius 3 is 2.20 bits per heavy atom. The number of aryl methyl sites for hydroxylation is 1. The lowest BCUT2D eigenvalue weighted by Gasteiger charge is -2.24. The standard InChI is InChI=1S/C22H24O3/c1-22(2,3)19-11-14(8-9-20(23)24)10-18(21(19)25)17-12-15-6-4-5-7-16(15)13-17/h4-7,10-13,17,25H,8-9H2,1-3H3,(H,23,24). The Morgan fingerprint density at radius 1 is 1.08 bits per heavy atom. The predicted molar refractivity (Wildman–Crippen MR) is 100 cm³/mol. The van der Waals surface area contributed by atoms with Crippen LogP contribution in [0.15, 0.2) is 36.4 Å². The summed E-state index contributed by atoms with van der Waals surface area (Å²) >= 11 is 0. The average molecular weight is 336 g/mol. The molecule has 3 heteroatoms. The Labute approximate surface area is 148 Å². The van der Waals surface area contributed by atoms with Crippen LogP contribution in [0.4, 0.5) is 0 Å². The molecule has 0 atom stereocenters. The minimum Gasteiger partial charge on any atom is -0.507 e. The number of hydrogen-bond acceptors (Lipinski definition) is 2. The fourth-order valence-electron chi connectivity index (χ4n) is 3.37. The number of phenols is 1. The van der Waals surface area contributed by atoms with Gasteiger partial charge in [0.25, 0.3) is 0 Å². The zero-order chi connectivity index (χ0) is 18.2. The maximum Gasteiger partial charge on any atom is 0.303 e. The van der Waals surface area contributed by atoms with Gasteiger partial charge in [-0.25, -0.2) is 0 Å². The quantitative estimate of drug-likeness (QED) is 0.902. The lowest BCUT2D eigenvalue weighted by Crippen LogP contribution is -2.19. The van der Waals surface area contributed by atoms with Crippen molar-refractivity contribution in [2.24, 2.45) is 0 Å². The van der Waals surface area contributed by atoms with E-state index in [2.05, 4.69) is 45.1 Å². The van der Waals surface area contributed by atoms with Crippen LogP contribution in [0.5, 0.6) is 5.75 Å². The van der Waals surface area contributed by atoms with E-state index in [4.69, 9.17) is 5.11 Å². The molecule has 3 rings (SSSR count). The van der Waals surface area contributed by atoms with E-state index >= 15 is 0 Å². The number of hydrogen-bond donors (Lipinski definition) is 2. The molecule has 2 aromatic carbocycles. The zero-order valence-electron chi connectivity index (χ0n) is 14.9. The smallest absolute Gasteiger partial charge is 0.303 e. The number of aliphatic carboxylic acids is 1. The maximum atomic E-state index is 10.9. The lowest BCUT2D eigenvalue weighted by molar-refractivity contribution is -0.136. The van der Waals surface area contributed by atoms with Crippen molar-refractivity contribution in [3.05, 3.63) is 63.5 Å². The fraction of sp³-hybridized carbons (Fsp3) is 0.318. The van der Waals surface area contributed by atoms with E-state index in [0.717, 1.165) is 16.7 Å². The highest BCUT2D eigenvalue weighted by molar-refractivity contribution is 5.68. The van der Waals surface area contributed by atoms with Gasteiger partial charge in [-0.1, -0.05) is 69.3 Å². The second kappa shape index (κ2) is 6.40. The molecule has 0 spiro atoms. The van der Waals surface area contributed by atoms with E-state index in [9.17, 15) is 9.90 Å². The number of benzene rings is 2. The van der Waals surface area contributed by atoms with Gasteiger partial charge >= 0.3 is 5.97 Å². The second-order valence-electron chi connectivity index (χ2n) is 7.71. The Kier molecular flexibility index (Phi) is 4.42. The van der Waals surface area contributed by atoms with Crippen LogP contribution in [0.1, 0.15) is 49.8 Å². The molecule has 0 heterocycles. The van der Waals surface area contributed by atoms with E-state index in [1.165, 1.54) is 10.4 Å². The Bertz CT molecular complexity index is 898. The third kappa shape index (κ3) is 3.60. The number of aromatic hydroxyl groups is 1. The number of carbonyl (C=O) groups is 1. The van der Waals surface area contributed by atoms with Gasteiger partial charge in [0.2, 0.25) is 0 Å². The summed E-state index contributed by atoms with van der Waals surface area (Å²) < 4.78 is 0. The van der Waals surface area contributed by atoms with Crippen molar-refractivity contribution in [1.82, 2.24) is 0 Å². The molecule has 25 heavy (non-hydrogen) atoms. The van der Waals surface area contributed by atoms with Crippen molar-refractivity contribution in [2.75, 3.05) is 0 Å². The van der Waals surface area contributed by atoms with Crippen LogP contribution >= 0.6 is 0 Å². The van der Waals surface area contributed by atoms with Gasteiger partial charge in [-0.3, -0.25) is 4.79 Å². The first-order valence-electron chi connectivity index (χ1n) is 8.62. The number of phenolic OH excluding ortho intramolecular Hbond substituents is 1. The summed E-state index contributed by atoms with van der Waals surface area (Å²) in [5.41, 5.74) is 2.45. The summed E-state index contributed by atoms with van der Waals surface area (Å²) in [6, 6.07) is 12.1. The van der Waals surface area contributed by atoms with Gasteiger partial charge in [0, 0.05) is 17.9 Å². The van der Waals surface area contributed by atoms with E-state index in [0.29, 0.717) is 12.2 Å². The molecule has 0 aromatic heterocycles. The SMILES string of the molecule is CC(C)(C)c1cc(CCC(=O)O)cc(C2C=c3ccccc3=C2)c1O. The monoisotopic (exact) mass is 336 g/mol. The molecule has 0 saturated carbocycles. The Morgan fingerprint density at radius 2 is 1.68 bits per heavy atom. The minimum absolute atomic E-state index is 0.00304. The van der Waals surface area contributed by atoms with Gasteiger partial charge in [-0.2, -0.15) is 0 Å². The lowest BCUT2D eigenvalue weighted by atomic mass is 9.81. The van der Waals surface area contributed by atoms with Crippen molar-refractivity contribution in [1.29, 1.82) is 0 Å². The first kappa shape index (κ1) is 17.3. The van der Waals surface area contributed by atoms with E-state index < -0.39 is 5.97 Å². The van der Waals surface area contributed by atoms with Crippen LogP contribution in [0, 0.1) is 0 Å². The molecule has 0 aliphatic heterocycles. The molecule has 1 aliphatic carbocycles. The molecular weight excluding hydrogens is 312 g/mol. The molecule has 2 aromatic rings. The molecule has 0 amide bonds. The van der Waals surface area contributed by atoms with Crippen molar-refractivity contribution in [3.8, 4) is 5.75 Å². The number of rotatable bonds is 4. The molecule has 0 bridgehead atoms. The van der Waals surface area contributed by atoms with Crippen molar-refractivity contribution in [3.63, 3.8) is 0 Å². The third-order valence-corrected chi connectivity index (χ3v) is 4.71. The molecule has 2 N–H and O–H groups in total. The van der Waals surface area contributed by atoms with Crippen molar-refractivity contribution < 1.29 is 15.0 Å². The molecule has 0 unspecified atom stereocenters. The molecular formula is C22H24O3. The first-order chi connectivity index (χ1) is 11.8. The molecule has 0 saturated heterocycles. The molecule has 3 nitrogen and oxygen atoms in total.